The molecule has 6 aromatic rings. The van der Waals surface area contributed by atoms with E-state index in [0.29, 0.717) is 129 Å². The Labute approximate surface area is 839 Å². The minimum Gasteiger partial charge on any atom is -0.382 e. The Bertz CT molecular complexity index is 5320. The van der Waals surface area contributed by atoms with Crippen LogP contribution in [0.25, 0.3) is 0 Å². The predicted octanol–water partition coefficient (Wildman–Crippen LogP) is 6.69. The average Bonchev–Trinajstić information content (AvgIpc) is 1.39. The van der Waals surface area contributed by atoms with Crippen LogP contribution in [0.4, 0.5) is 0 Å². The van der Waals surface area contributed by atoms with E-state index in [4.69, 9.17) is 118 Å². The van der Waals surface area contributed by atoms with E-state index in [1.165, 1.54) is 0 Å². The summed E-state index contributed by atoms with van der Waals surface area (Å²) >= 11 is 38.2. The van der Waals surface area contributed by atoms with E-state index in [9.17, 15) is 84.0 Å². The molecule has 7 atom stereocenters. The molecule has 9 N–H and O–H groups in total. The van der Waals surface area contributed by atoms with Crippen LogP contribution in [-0.4, -0.2) is 334 Å². The lowest BCUT2D eigenvalue weighted by Gasteiger charge is -2.33. The van der Waals surface area contributed by atoms with Crippen molar-refractivity contribution in [1.82, 2.24) is 39.6 Å². The minimum atomic E-state index is -3.64. The van der Waals surface area contributed by atoms with Gasteiger partial charge in [-0.1, -0.05) is 106 Å². The number of ketones is 1. The highest BCUT2D eigenvalue weighted by Gasteiger charge is 2.43. The molecule has 38 nitrogen and oxygen atoms in total. The number of likely N-dealkylation sites (N-methyl/N-ethyl adjacent to an activating group) is 3. The van der Waals surface area contributed by atoms with Crippen LogP contribution >= 0.6 is 69.6 Å². The number of benzene rings is 6. The summed E-state index contributed by atoms with van der Waals surface area (Å²) < 4.78 is 129. The number of fused-ring (bicyclic) bond motifs is 3. The molecule has 0 spiro atoms. The zero-order chi connectivity index (χ0) is 102. The molecule has 0 bridgehead atoms. The van der Waals surface area contributed by atoms with Gasteiger partial charge in [0.15, 0.2) is 33.9 Å². The van der Waals surface area contributed by atoms with Gasteiger partial charge in [-0.25, -0.2) is 44.3 Å². The highest BCUT2D eigenvalue weighted by atomic mass is 35.5. The summed E-state index contributed by atoms with van der Waals surface area (Å²) in [5.41, 5.74) is 14.7. The van der Waals surface area contributed by atoms with Gasteiger partial charge in [0.25, 0.3) is 29.5 Å². The van der Waals surface area contributed by atoms with E-state index in [-0.39, 0.29) is 140 Å². The van der Waals surface area contributed by atoms with E-state index >= 15 is 0 Å². The van der Waals surface area contributed by atoms with E-state index in [2.05, 4.69) is 39.1 Å². The molecule has 6 aromatic carbocycles. The van der Waals surface area contributed by atoms with E-state index in [0.717, 1.165) is 89.3 Å². The Balaban J connectivity index is 0.000000234. The van der Waals surface area contributed by atoms with Crippen LogP contribution in [0.3, 0.4) is 0 Å². The van der Waals surface area contributed by atoms with Crippen LogP contribution in [0.2, 0.25) is 30.1 Å². The number of amides is 5. The lowest BCUT2D eigenvalue weighted by atomic mass is 9.85. The van der Waals surface area contributed by atoms with Crippen LogP contribution in [0.1, 0.15) is 127 Å². The number of aliphatic hydroxyl groups is 4. The molecule has 139 heavy (non-hydrogen) atoms. The number of carbonyl (C=O) groups excluding carboxylic acids is 8. The number of hydrogen-bond acceptors (Lipinski definition) is 33. The molecule has 5 heterocycles. The second-order valence-electron chi connectivity index (χ2n) is 32.4. The fourth-order valence-corrected chi connectivity index (χ4v) is 19.9. The van der Waals surface area contributed by atoms with Crippen molar-refractivity contribution in [3.8, 4) is 0 Å². The number of hydroxylamine groups is 4. The molecule has 7 unspecified atom stereocenters. The number of sulfonamides is 2. The molecule has 0 aromatic heterocycles. The maximum Gasteiger partial charge on any atom is 0.364 e. The van der Waals surface area contributed by atoms with Gasteiger partial charge >= 0.3 is 11.9 Å². The third kappa shape index (κ3) is 37.0. The minimum absolute atomic E-state index is 0.0268. The molecular formula is C92H121Cl6N9O29S3. The van der Waals surface area contributed by atoms with E-state index in [1.807, 2.05) is 82.7 Å². The monoisotopic (exact) mass is 2120 g/mol. The van der Waals surface area contributed by atoms with Gasteiger partial charge in [-0.05, 0) is 171 Å². The smallest absolute Gasteiger partial charge is 0.364 e. The summed E-state index contributed by atoms with van der Waals surface area (Å²) in [7, 11) is -4.62. The summed E-state index contributed by atoms with van der Waals surface area (Å²) in [5, 5.41) is 45.2. The number of nitrogens with one attached hydrogen (secondary N) is 3. The summed E-state index contributed by atoms with van der Waals surface area (Å²) in [4.78, 5) is 108. The van der Waals surface area contributed by atoms with Crippen LogP contribution in [0, 0.1) is 0 Å². The van der Waals surface area contributed by atoms with Gasteiger partial charge < -0.3 is 98.5 Å². The van der Waals surface area contributed by atoms with Crippen LogP contribution in [0.15, 0.2) is 124 Å². The first-order valence-electron chi connectivity index (χ1n) is 44.9. The molecule has 0 radical (unpaired) electrons. The molecule has 0 saturated carbocycles. The van der Waals surface area contributed by atoms with Crippen molar-refractivity contribution in [2.45, 2.75) is 135 Å². The Morgan fingerprint density at radius 3 is 1.06 bits per heavy atom. The first kappa shape index (κ1) is 117. The first-order valence-corrected chi connectivity index (χ1v) is 51.8. The van der Waals surface area contributed by atoms with Crippen molar-refractivity contribution in [2.75, 3.05) is 192 Å². The molecule has 5 aliphatic heterocycles. The molecule has 5 aliphatic rings. The number of rotatable bonds is 52. The fraction of sp³-hybridized carbons (Fsp3) is 0.522. The number of carbonyl (C=O) groups is 8. The average molecular weight is 2130 g/mol. The van der Waals surface area contributed by atoms with Gasteiger partial charge in [0.05, 0.1) is 113 Å². The molecule has 2 saturated heterocycles. The lowest BCUT2D eigenvalue weighted by molar-refractivity contribution is -0.216. The van der Waals surface area contributed by atoms with Gasteiger partial charge in [0.2, 0.25) is 20.0 Å². The number of hydrogen-bond donors (Lipinski definition) is 8. The lowest BCUT2D eigenvalue weighted by Crippen LogP contribution is -2.47. The van der Waals surface area contributed by atoms with Crippen LogP contribution in [-0.2, 0) is 140 Å². The number of nitrogens with two attached hydrogens (primary N) is 1. The molecule has 5 amide bonds. The third-order valence-electron chi connectivity index (χ3n) is 21.9. The number of Topliss-reactive ketones (excluding diaryl/α,β-unsaturated/α-hetero) is 1. The Morgan fingerprint density at radius 2 is 0.712 bits per heavy atom. The summed E-state index contributed by atoms with van der Waals surface area (Å²) in [6, 6.07) is 32.1. The van der Waals surface area contributed by atoms with Gasteiger partial charge in [-0.3, -0.25) is 28.8 Å². The number of halogens is 6. The Morgan fingerprint density at radius 1 is 0.403 bits per heavy atom. The summed E-state index contributed by atoms with van der Waals surface area (Å²) in [6.07, 6.45) is -8.83. The maximum atomic E-state index is 12.9. The second kappa shape index (κ2) is 59.1. The van der Waals surface area contributed by atoms with Gasteiger partial charge in [0, 0.05) is 172 Å². The van der Waals surface area contributed by atoms with Crippen LogP contribution in [0.5, 0.6) is 0 Å². The van der Waals surface area contributed by atoms with E-state index < -0.39 is 102 Å². The Kier molecular flexibility index (Phi) is 49.6. The molecular weight excluding hydrogens is 2000 g/mol. The SMILES string of the molecule is CCOCCNC(=O)C(O)C(O)C(=O)CCCOCCOCCOCCCS(=O)(=O)c1ccc(C2CN(C)Cc3c(Cl)cc(Cl)cc32)cc1.CCOCCOCCNS(=O)(=O)c1ccc(C2CN(C)Cc3c(Cl)cc(Cl)cc32)cc1.CN1Cc2c(Cl)cc(Cl)cc2C(c2ccc(S(=O)(=O)NCCOCCOCCOCCN)cc2)C1.O=C(ON1C(=O)CCC1=O)C(O)C(O)C(=O)ON1C(=O)CCC1=O. The standard InChI is InChI=1S/C34H48Cl2N2O10S.C24H33Cl2N3O5S.C22H28Cl2N2O4S.C12H12N2O10/c1-3-45-14-11-37-34(42)33(41)32(40)31(39)6-4-12-46-15-17-48-18-16-47-13-5-19-49(43,44)26-9-7-24(8-10-26)28-22-38(2)23-29-27(28)20-25(35)21-30(29)36;1-29-16-22(21-14-19(25)15-24(26)23(21)17-29)18-2-4-20(5-3-18)35(30,31)28-7-9-33-11-13-34-12-10-32-8-6-27;1-3-29-10-11-30-9-8-25-31(27,28)18-6-4-16(5-7-18)20-14-26(2)15-21-19(20)12-17(23)13-22(21)24;15-5-1-2-6(16)13(5)23-11(21)9(19)10(20)12(22)24-14-7(17)3-4-8(14)18/h7-10,20-21,28,32-33,40-41H,3-6,11-19,22-23H2,1-2H3,(H,37,42);2-5,14-15,22,28H,6-13,16-17,27H2,1H3;4-7,12-13,20,25H,3,8-11,14-15H2,1-2H3;9-10,19-20H,1-4H2. The molecule has 11 rings (SSSR count). The third-order valence-corrected chi connectivity index (χ3v) is 28.4. The largest absolute Gasteiger partial charge is 0.382 e. The summed E-state index contributed by atoms with van der Waals surface area (Å²) in [6.45, 7) is 16.1. The van der Waals surface area contributed by atoms with Gasteiger partial charge in [-0.2, -0.15) is 0 Å². The van der Waals surface area contributed by atoms with Crippen molar-refractivity contribution >= 4 is 147 Å². The van der Waals surface area contributed by atoms with Gasteiger partial charge in [-0.15, -0.1) is 10.1 Å². The van der Waals surface area contributed by atoms with Crippen molar-refractivity contribution < 1.29 is 136 Å². The molecule has 768 valence electrons. The summed E-state index contributed by atoms with van der Waals surface area (Å²) in [5.74, 6) is -8.03. The first-order chi connectivity index (χ1) is 66.3. The molecule has 2 fully saturated rings. The fourth-order valence-electron chi connectivity index (χ4n) is 14.9. The Hall–Kier alpha value is -7.49. The quantitative estimate of drug-likeness (QED) is 0.0146. The number of aliphatic hydroxyl groups excluding tert-OH is 4. The number of nitrogens with zero attached hydrogens (tertiary/aromatic N) is 5. The molecule has 47 heteroatoms. The highest BCUT2D eigenvalue weighted by Crippen LogP contribution is 2.42. The van der Waals surface area contributed by atoms with E-state index in [1.54, 1.807) is 61.5 Å². The maximum absolute atomic E-state index is 12.9. The van der Waals surface area contributed by atoms with Crippen molar-refractivity contribution in [3.63, 3.8) is 0 Å². The molecule has 0 aliphatic carbocycles. The zero-order valence-corrected chi connectivity index (χ0v) is 84.7. The van der Waals surface area contributed by atoms with Crippen molar-refractivity contribution in [3.05, 3.63) is 189 Å². The highest BCUT2D eigenvalue weighted by molar-refractivity contribution is 7.91. The normalized spacial score (nSPS) is 17.2. The number of sulfone groups is 1. The predicted molar refractivity (Wildman–Crippen MR) is 514 cm³/mol. The second-order valence-corrected chi connectivity index (χ2v) is 40.6. The van der Waals surface area contributed by atoms with Crippen molar-refractivity contribution in [2.24, 2.45) is 5.73 Å². The van der Waals surface area contributed by atoms with Crippen molar-refractivity contribution in [1.29, 1.82) is 0 Å². The van der Waals surface area contributed by atoms with Crippen LogP contribution < -0.4 is 20.5 Å². The number of imide groups is 2. The van der Waals surface area contributed by atoms with Gasteiger partial charge in [0.1, 0.15) is 6.10 Å². The number of ether oxygens (including phenoxy) is 9. The topological polar surface area (TPSA) is 500 Å². The zero-order valence-electron chi connectivity index (χ0n) is 77.7.